The molecule has 13 nitrogen and oxygen atoms in total. The Morgan fingerprint density at radius 2 is 1.36 bits per heavy atom. The van der Waals surface area contributed by atoms with Crippen LogP contribution in [0.1, 0.15) is 42.9 Å². The molecule has 0 fully saturated rings. The van der Waals surface area contributed by atoms with Crippen molar-refractivity contribution in [2.45, 2.75) is 50.7 Å². The third kappa shape index (κ3) is 8.84. The highest BCUT2D eigenvalue weighted by molar-refractivity contribution is 5.94. The first-order chi connectivity index (χ1) is 23.8. The molecule has 0 aliphatic heterocycles. The van der Waals surface area contributed by atoms with Crippen molar-refractivity contribution in [2.75, 3.05) is 27.2 Å². The second-order valence-electron chi connectivity index (χ2n) is 12.5. The highest BCUT2D eigenvalue weighted by atomic mass is 16.5. The quantitative estimate of drug-likeness (QED) is 0.187. The van der Waals surface area contributed by atoms with Crippen LogP contribution in [0.15, 0.2) is 78.9 Å². The molecule has 0 aromatic heterocycles. The van der Waals surface area contributed by atoms with Gasteiger partial charge in [-0.3, -0.25) is 19.2 Å². The summed E-state index contributed by atoms with van der Waals surface area (Å²) >= 11 is 0. The number of carboxylic acid groups (broad SMARTS) is 2. The van der Waals surface area contributed by atoms with Gasteiger partial charge in [0, 0.05) is 26.4 Å². The summed E-state index contributed by atoms with van der Waals surface area (Å²) in [7, 11) is 2.78. The van der Waals surface area contributed by atoms with Crippen LogP contribution in [0.2, 0.25) is 0 Å². The Morgan fingerprint density at radius 1 is 0.800 bits per heavy atom. The second kappa shape index (κ2) is 16.6. The van der Waals surface area contributed by atoms with Gasteiger partial charge in [0.1, 0.15) is 31.3 Å². The molecule has 3 atom stereocenters. The van der Waals surface area contributed by atoms with E-state index in [1.165, 1.54) is 19.0 Å². The van der Waals surface area contributed by atoms with Crippen LogP contribution in [0.5, 0.6) is 0 Å². The SMILES string of the molecule is CC(C)[C@@H](C(=O)N[C@@H](CC(=O)O)C(=O)O)N(C)C(=O)[C@H](Cc1ccccc1)N(C)C(=O)CNC(=O)OCC1c2ccccc2-c2ccccc21. The van der Waals surface area contributed by atoms with Gasteiger partial charge in [-0.1, -0.05) is 92.7 Å². The van der Waals surface area contributed by atoms with Gasteiger partial charge in [-0.15, -0.1) is 0 Å². The Kier molecular flexibility index (Phi) is 12.3. The number of nitrogens with zero attached hydrogens (tertiary/aromatic N) is 2. The molecule has 0 spiro atoms. The van der Waals surface area contributed by atoms with Gasteiger partial charge in [0.05, 0.1) is 6.42 Å². The van der Waals surface area contributed by atoms with Gasteiger partial charge >= 0.3 is 18.0 Å². The van der Waals surface area contributed by atoms with Crippen molar-refractivity contribution < 1.29 is 43.7 Å². The van der Waals surface area contributed by atoms with Crippen molar-refractivity contribution in [1.82, 2.24) is 20.4 Å². The van der Waals surface area contributed by atoms with Crippen LogP contribution >= 0.6 is 0 Å². The number of fused-ring (bicyclic) bond motifs is 3. The van der Waals surface area contributed by atoms with Crippen molar-refractivity contribution in [3.63, 3.8) is 0 Å². The lowest BCUT2D eigenvalue weighted by molar-refractivity contribution is -0.151. The Hall–Kier alpha value is -5.72. The number of carbonyl (C=O) groups excluding carboxylic acids is 4. The summed E-state index contributed by atoms with van der Waals surface area (Å²) < 4.78 is 5.55. The molecule has 0 heterocycles. The minimum atomic E-state index is -1.71. The molecule has 1 aliphatic rings. The van der Waals surface area contributed by atoms with Crippen LogP contribution in [-0.2, 0) is 35.1 Å². The van der Waals surface area contributed by atoms with Crippen molar-refractivity contribution >= 4 is 35.8 Å². The van der Waals surface area contributed by atoms with E-state index in [-0.39, 0.29) is 18.9 Å². The molecule has 4 rings (SSSR count). The summed E-state index contributed by atoms with van der Waals surface area (Å²) in [6.45, 7) is 2.89. The Morgan fingerprint density at radius 3 is 1.90 bits per heavy atom. The van der Waals surface area contributed by atoms with Crippen LogP contribution in [-0.4, -0.2) is 101 Å². The van der Waals surface area contributed by atoms with Crippen LogP contribution in [0.25, 0.3) is 11.1 Å². The number of amides is 4. The first kappa shape index (κ1) is 37.1. The molecule has 0 bridgehead atoms. The van der Waals surface area contributed by atoms with Crippen molar-refractivity contribution in [2.24, 2.45) is 5.92 Å². The highest BCUT2D eigenvalue weighted by Crippen LogP contribution is 2.44. The van der Waals surface area contributed by atoms with E-state index in [4.69, 9.17) is 9.84 Å². The largest absolute Gasteiger partial charge is 0.481 e. The fourth-order valence-corrected chi connectivity index (χ4v) is 6.25. The molecule has 264 valence electrons. The molecule has 4 N–H and O–H groups in total. The number of likely N-dealkylation sites (N-methyl/N-ethyl adjacent to an activating group) is 2. The average Bonchev–Trinajstić information content (AvgIpc) is 3.41. The molecule has 0 saturated heterocycles. The number of alkyl carbamates (subject to hydrolysis) is 1. The zero-order chi connectivity index (χ0) is 36.5. The van der Waals surface area contributed by atoms with Gasteiger partial charge in [-0.25, -0.2) is 9.59 Å². The molecular weight excluding hydrogens is 644 g/mol. The van der Waals surface area contributed by atoms with Crippen molar-refractivity contribution in [3.8, 4) is 11.1 Å². The number of nitrogens with one attached hydrogen (secondary N) is 2. The first-order valence-electron chi connectivity index (χ1n) is 16.2. The van der Waals surface area contributed by atoms with Crippen molar-refractivity contribution in [1.29, 1.82) is 0 Å². The fourth-order valence-electron chi connectivity index (χ4n) is 6.25. The van der Waals surface area contributed by atoms with Gasteiger partial charge in [0.2, 0.25) is 17.7 Å². The lowest BCUT2D eigenvalue weighted by atomic mass is 9.98. The van der Waals surface area contributed by atoms with E-state index in [0.29, 0.717) is 0 Å². The van der Waals surface area contributed by atoms with Crippen molar-refractivity contribution in [3.05, 3.63) is 95.6 Å². The first-order valence-corrected chi connectivity index (χ1v) is 16.2. The molecule has 1 aliphatic carbocycles. The fraction of sp³-hybridized carbons (Fsp3) is 0.351. The maximum absolute atomic E-state index is 14.1. The zero-order valence-electron chi connectivity index (χ0n) is 28.4. The standard InChI is InChI=1S/C37H42N4O9/c1-22(2)33(34(45)39-29(36(47)48)19-32(43)44)41(4)35(46)30(18-23-12-6-5-7-13-23)40(3)31(42)20-38-37(49)50-21-28-26-16-10-8-14-24(26)25-15-9-11-17-27(25)28/h5-17,22,28-30,33H,18-21H2,1-4H3,(H,38,49)(H,39,45)(H,43,44)(H,47,48)/t29-,30-,33-/m0/s1. The molecule has 50 heavy (non-hydrogen) atoms. The lowest BCUT2D eigenvalue weighted by Gasteiger charge is -2.36. The molecule has 3 aromatic carbocycles. The third-order valence-corrected chi connectivity index (χ3v) is 8.80. The number of aliphatic carboxylic acids is 2. The van der Waals surface area contributed by atoms with Gasteiger partial charge in [-0.05, 0) is 33.7 Å². The van der Waals surface area contributed by atoms with Crippen LogP contribution in [0.4, 0.5) is 4.79 Å². The van der Waals surface area contributed by atoms with E-state index >= 15 is 0 Å². The maximum atomic E-state index is 14.1. The summed E-state index contributed by atoms with van der Waals surface area (Å²) in [4.78, 5) is 78.7. The van der Waals surface area contributed by atoms with Gasteiger partial charge in [0.25, 0.3) is 0 Å². The van der Waals surface area contributed by atoms with E-state index in [1.54, 1.807) is 44.2 Å². The van der Waals surface area contributed by atoms with Crippen LogP contribution in [0, 0.1) is 5.92 Å². The summed E-state index contributed by atoms with van der Waals surface area (Å²) in [5, 5.41) is 23.2. The minimum Gasteiger partial charge on any atom is -0.481 e. The Balaban J connectivity index is 1.44. The number of rotatable bonds is 15. The summed E-state index contributed by atoms with van der Waals surface area (Å²) in [6.07, 6.45) is -1.59. The summed E-state index contributed by atoms with van der Waals surface area (Å²) in [5.41, 5.74) is 4.95. The Labute approximate surface area is 290 Å². The maximum Gasteiger partial charge on any atom is 0.407 e. The predicted octanol–water partition coefficient (Wildman–Crippen LogP) is 3.12. The highest BCUT2D eigenvalue weighted by Gasteiger charge is 2.38. The monoisotopic (exact) mass is 686 g/mol. The molecule has 3 aromatic rings. The number of hydrogen-bond donors (Lipinski definition) is 4. The molecule has 0 unspecified atom stereocenters. The predicted molar refractivity (Wildman–Crippen MR) is 183 cm³/mol. The van der Waals surface area contributed by atoms with E-state index < -0.39 is 72.8 Å². The Bertz CT molecular complexity index is 1680. The molecule has 0 saturated carbocycles. The number of carbonyl (C=O) groups is 6. The summed E-state index contributed by atoms with van der Waals surface area (Å²) in [5.74, 6) is -5.71. The van der Waals surface area contributed by atoms with Gasteiger partial charge in [0.15, 0.2) is 0 Å². The number of carboxylic acids is 2. The normalized spacial score (nSPS) is 13.6. The van der Waals surface area contributed by atoms with Crippen LogP contribution in [0.3, 0.4) is 0 Å². The minimum absolute atomic E-state index is 0.0532. The smallest absolute Gasteiger partial charge is 0.407 e. The number of hydrogen-bond acceptors (Lipinski definition) is 7. The topological polar surface area (TPSA) is 183 Å². The molecule has 0 radical (unpaired) electrons. The van der Waals surface area contributed by atoms with E-state index in [9.17, 15) is 33.9 Å². The number of benzene rings is 3. The number of ether oxygens (including phenoxy) is 1. The molecule has 13 heteroatoms. The van der Waals surface area contributed by atoms with Crippen LogP contribution < -0.4 is 10.6 Å². The second-order valence-corrected chi connectivity index (χ2v) is 12.5. The zero-order valence-corrected chi connectivity index (χ0v) is 28.4. The molecular formula is C37H42N4O9. The van der Waals surface area contributed by atoms with E-state index in [1.807, 2.05) is 48.5 Å². The lowest BCUT2D eigenvalue weighted by Crippen LogP contribution is -2.59. The van der Waals surface area contributed by atoms with Gasteiger partial charge < -0.3 is 35.4 Å². The third-order valence-electron chi connectivity index (χ3n) is 8.80. The van der Waals surface area contributed by atoms with Gasteiger partial charge in [-0.2, -0.15) is 0 Å². The molecule has 4 amide bonds. The summed E-state index contributed by atoms with van der Waals surface area (Å²) in [6, 6.07) is 20.7. The average molecular weight is 687 g/mol. The van der Waals surface area contributed by atoms with E-state index in [2.05, 4.69) is 10.6 Å². The van der Waals surface area contributed by atoms with E-state index in [0.717, 1.165) is 32.7 Å².